The first-order chi connectivity index (χ1) is 32.7. The molecule has 0 bridgehead atoms. The van der Waals surface area contributed by atoms with Crippen LogP contribution in [-0.4, -0.2) is 108 Å². The summed E-state index contributed by atoms with van der Waals surface area (Å²) in [4.78, 5) is 52.9. The van der Waals surface area contributed by atoms with Gasteiger partial charge in [-0.1, -0.05) is 43.2 Å². The van der Waals surface area contributed by atoms with Crippen LogP contribution in [0.15, 0.2) is 113 Å². The van der Waals surface area contributed by atoms with Crippen LogP contribution in [0.5, 0.6) is 0 Å². The van der Waals surface area contributed by atoms with E-state index in [1.165, 1.54) is 39.5 Å². The molecule has 2 aliphatic heterocycles. The number of anilines is 2. The van der Waals surface area contributed by atoms with E-state index in [9.17, 15) is 28.1 Å². The number of rotatable bonds is 12. The van der Waals surface area contributed by atoms with Crippen LogP contribution in [0.25, 0.3) is 39.0 Å². The Morgan fingerprint density at radius 1 is 1.00 bits per heavy atom. The molecule has 0 radical (unpaired) electrons. The first kappa shape index (κ1) is 45.2. The van der Waals surface area contributed by atoms with Gasteiger partial charge in [-0.25, -0.2) is 18.1 Å². The van der Waals surface area contributed by atoms with Gasteiger partial charge in [0.25, 0.3) is 27.2 Å². The minimum atomic E-state index is -4.70. The molecule has 7 aromatic rings. The number of carbonyl (C=O) groups excluding carboxylic acids is 1. The van der Waals surface area contributed by atoms with Gasteiger partial charge < -0.3 is 24.7 Å². The molecular formula is C49H50ClN9O8S. The van der Waals surface area contributed by atoms with Crippen LogP contribution in [0.1, 0.15) is 49.0 Å². The molecule has 352 valence electrons. The summed E-state index contributed by atoms with van der Waals surface area (Å²) in [5, 5.41) is 16.6. The summed E-state index contributed by atoms with van der Waals surface area (Å²) in [7, 11) is -4.70. The highest BCUT2D eigenvalue weighted by molar-refractivity contribution is 7.90. The first-order valence-corrected chi connectivity index (χ1v) is 24.4. The number of allylic oxidation sites excluding steroid dienone is 1. The number of nitrogens with one attached hydrogen (secondary N) is 3. The maximum Gasteiger partial charge on any atom is 0.293 e. The van der Waals surface area contributed by atoms with Gasteiger partial charge in [-0.3, -0.25) is 33.6 Å². The summed E-state index contributed by atoms with van der Waals surface area (Å²) in [6, 6.07) is 23.5. The van der Waals surface area contributed by atoms with Gasteiger partial charge in [0, 0.05) is 73.8 Å². The summed E-state index contributed by atoms with van der Waals surface area (Å²) < 4.78 is 44.3. The summed E-state index contributed by atoms with van der Waals surface area (Å²) >= 11 is 6.27. The lowest BCUT2D eigenvalue weighted by Gasteiger charge is -2.39. The van der Waals surface area contributed by atoms with E-state index in [4.69, 9.17) is 26.1 Å². The monoisotopic (exact) mass is 959 g/mol. The Kier molecular flexibility index (Phi) is 12.1. The van der Waals surface area contributed by atoms with Gasteiger partial charge in [-0.15, -0.1) is 0 Å². The van der Waals surface area contributed by atoms with Crippen molar-refractivity contribution in [1.29, 1.82) is 0 Å². The Balaban J connectivity index is 0.981. The molecule has 0 spiro atoms. The molecule has 0 saturated carbocycles. The molecule has 3 aromatic carbocycles. The fourth-order valence-corrected chi connectivity index (χ4v) is 10.7. The fraction of sp³-hybridized carbons (Fsp3) is 0.327. The van der Waals surface area contributed by atoms with Gasteiger partial charge in [-0.05, 0) is 103 Å². The van der Waals surface area contributed by atoms with Gasteiger partial charge >= 0.3 is 0 Å². The number of nitro benzene ring substituents is 1. The zero-order valence-corrected chi connectivity index (χ0v) is 39.1. The van der Waals surface area contributed by atoms with E-state index >= 15 is 0 Å². The number of H-pyrrole nitrogens is 1. The van der Waals surface area contributed by atoms with Crippen LogP contribution in [-0.2, 0) is 19.5 Å². The third-order valence-corrected chi connectivity index (χ3v) is 14.8. The highest BCUT2D eigenvalue weighted by Crippen LogP contribution is 2.43. The Labute approximate surface area is 396 Å². The summed E-state index contributed by atoms with van der Waals surface area (Å²) in [6.45, 7) is 9.63. The number of aromatic amines is 1. The predicted octanol–water partition coefficient (Wildman–Crippen LogP) is 7.41. The largest absolute Gasteiger partial charge is 0.377 e. The third-order valence-electron chi connectivity index (χ3n) is 13.2. The van der Waals surface area contributed by atoms with Crippen molar-refractivity contribution in [3.05, 3.63) is 140 Å². The number of hydrogen-bond donors (Lipinski definition) is 3. The third kappa shape index (κ3) is 8.97. The number of amides is 1. The number of carbonyl (C=O) groups is 1. The zero-order valence-electron chi connectivity index (χ0n) is 37.5. The predicted molar refractivity (Wildman–Crippen MR) is 262 cm³/mol. The highest BCUT2D eigenvalue weighted by atomic mass is 35.5. The zero-order chi connectivity index (χ0) is 47.3. The van der Waals surface area contributed by atoms with Crippen LogP contribution in [0.4, 0.5) is 17.1 Å². The van der Waals surface area contributed by atoms with Crippen LogP contribution >= 0.6 is 11.6 Å². The van der Waals surface area contributed by atoms with Crippen LogP contribution < -0.4 is 20.5 Å². The van der Waals surface area contributed by atoms with Crippen molar-refractivity contribution in [2.45, 2.75) is 44.1 Å². The molecule has 0 unspecified atom stereocenters. The molecule has 68 heavy (non-hydrogen) atoms. The topological polar surface area (TPSA) is 198 Å². The molecule has 10 rings (SSSR count). The number of halogens is 1. The highest BCUT2D eigenvalue weighted by Gasteiger charge is 2.31. The lowest BCUT2D eigenvalue weighted by Crippen LogP contribution is -2.47. The van der Waals surface area contributed by atoms with E-state index in [0.717, 1.165) is 50.7 Å². The van der Waals surface area contributed by atoms with E-state index in [2.05, 4.69) is 50.8 Å². The Hall–Kier alpha value is -6.57. The van der Waals surface area contributed by atoms with Crippen molar-refractivity contribution in [3.63, 3.8) is 0 Å². The van der Waals surface area contributed by atoms with Gasteiger partial charge in [0.15, 0.2) is 5.65 Å². The fourth-order valence-electron chi connectivity index (χ4n) is 9.59. The Bertz CT molecular complexity index is 3310. The number of nitro groups is 1. The molecule has 2 saturated heterocycles. The van der Waals surface area contributed by atoms with Crippen molar-refractivity contribution >= 4 is 77.9 Å². The van der Waals surface area contributed by atoms with Gasteiger partial charge in [0.2, 0.25) is 0 Å². The minimum Gasteiger partial charge on any atom is -0.377 e. The Morgan fingerprint density at radius 2 is 1.81 bits per heavy atom. The second-order valence-corrected chi connectivity index (χ2v) is 20.5. The minimum absolute atomic E-state index is 0.0723. The molecule has 4 aromatic heterocycles. The van der Waals surface area contributed by atoms with Crippen molar-refractivity contribution in [1.82, 2.24) is 28.6 Å². The molecule has 17 nitrogen and oxygen atoms in total. The molecular weight excluding hydrogens is 910 g/mol. The first-order valence-electron chi connectivity index (χ1n) is 22.6. The normalized spacial score (nSPS) is 18.1. The number of piperazine rings is 1. The number of benzene rings is 3. The molecule has 3 aliphatic rings. The molecule has 3 N–H and O–H groups in total. The maximum absolute atomic E-state index is 14.7. The van der Waals surface area contributed by atoms with E-state index < -0.39 is 37.0 Å². The van der Waals surface area contributed by atoms with Crippen molar-refractivity contribution in [2.75, 3.05) is 69.3 Å². The number of sulfonamides is 1. The number of fused-ring (bicyclic) bond motifs is 4. The standard InChI is InChI=1S/C49H50ClN9O8S/c1-49(2)15-13-33(39(27-49)31-5-7-34(50)8-6-31)29-55-18-20-56(21-19-55)35-9-11-38(42(25-35)58-44-24-32-14-16-51-45(32)53-46(44)57-17-3-4-41(57)48(58)61)47(60)54-68(64,65)37-10-12-40(43(26-37)59(62)63)52-28-36-30-66-22-23-67-36/h3-12,14,16-17,24-26,36,52H,13,15,18-23,27-30H2,1-2H3,(H,51,53)(H,54,60)/t36-/m0/s1. The number of pyridine rings is 1. The Morgan fingerprint density at radius 3 is 2.57 bits per heavy atom. The van der Waals surface area contributed by atoms with Crippen LogP contribution in [0.2, 0.25) is 5.02 Å². The lowest BCUT2D eigenvalue weighted by atomic mass is 9.72. The van der Waals surface area contributed by atoms with Crippen molar-refractivity contribution in [3.8, 4) is 5.69 Å². The van der Waals surface area contributed by atoms with Crippen molar-refractivity contribution < 1.29 is 27.6 Å². The van der Waals surface area contributed by atoms with E-state index in [-0.39, 0.29) is 40.5 Å². The summed E-state index contributed by atoms with van der Waals surface area (Å²) in [5.74, 6) is -1.04. The molecule has 19 heteroatoms. The number of hydrogen-bond acceptors (Lipinski definition) is 12. The summed E-state index contributed by atoms with van der Waals surface area (Å²) in [5.41, 5.74) is 5.76. The summed E-state index contributed by atoms with van der Waals surface area (Å²) in [6.07, 6.45) is 6.23. The van der Waals surface area contributed by atoms with E-state index in [1.807, 2.05) is 18.2 Å². The lowest BCUT2D eigenvalue weighted by molar-refractivity contribution is -0.384. The maximum atomic E-state index is 14.7. The quantitative estimate of drug-likeness (QED) is 0.0811. The average Bonchev–Trinajstić information content (AvgIpc) is 4.02. The molecule has 1 amide bonds. The van der Waals surface area contributed by atoms with Crippen molar-refractivity contribution in [2.24, 2.45) is 5.41 Å². The van der Waals surface area contributed by atoms with Crippen LogP contribution in [0, 0.1) is 15.5 Å². The molecule has 2 fully saturated rings. The molecule has 1 aliphatic carbocycles. The number of ether oxygens (including phenoxy) is 2. The molecule has 6 heterocycles. The van der Waals surface area contributed by atoms with E-state index in [0.29, 0.717) is 60.1 Å². The van der Waals surface area contributed by atoms with E-state index in [1.54, 1.807) is 47.1 Å². The number of nitrogens with zero attached hydrogens (tertiary/aromatic N) is 6. The smallest absolute Gasteiger partial charge is 0.293 e. The number of aromatic nitrogens is 4. The van der Waals surface area contributed by atoms with Crippen LogP contribution in [0.3, 0.4) is 0 Å². The second-order valence-electron chi connectivity index (χ2n) is 18.4. The van der Waals surface area contributed by atoms with Gasteiger partial charge in [-0.2, -0.15) is 0 Å². The van der Waals surface area contributed by atoms with Gasteiger partial charge in [0.1, 0.15) is 16.9 Å². The SMILES string of the molecule is CC1(C)CCC(CN2CCN(c3ccc(C(=O)NS(=O)(=O)c4ccc(NC[C@H]5COCCO5)c([N+](=O)[O-])c4)c(-n4c(=O)c5cccn5c5nc6[nH]ccc6cc54)c3)CC2)=C(c2ccc(Cl)cc2)C1. The average molecular weight is 961 g/mol. The second kappa shape index (κ2) is 18.2. The van der Waals surface area contributed by atoms with Gasteiger partial charge in [0.05, 0.1) is 52.5 Å². The molecule has 1 atom stereocenters.